The Kier molecular flexibility index (Phi) is 3.05. The van der Waals surface area contributed by atoms with Gasteiger partial charge in [-0.1, -0.05) is 12.1 Å². The van der Waals surface area contributed by atoms with Crippen LogP contribution >= 0.6 is 12.2 Å². The summed E-state index contributed by atoms with van der Waals surface area (Å²) in [6.07, 6.45) is 0. The number of hydrogen-bond donors (Lipinski definition) is 1. The van der Waals surface area contributed by atoms with Crippen LogP contribution in [-0.4, -0.2) is 14.8 Å². The summed E-state index contributed by atoms with van der Waals surface area (Å²) in [5.41, 5.74) is 1.17. The highest BCUT2D eigenvalue weighted by Crippen LogP contribution is 2.13. The van der Waals surface area contributed by atoms with Crippen molar-refractivity contribution in [3.8, 4) is 5.75 Å². The summed E-state index contributed by atoms with van der Waals surface area (Å²) in [7, 11) is 1.86. The van der Waals surface area contributed by atoms with Gasteiger partial charge in [0.25, 0.3) is 0 Å². The summed E-state index contributed by atoms with van der Waals surface area (Å²) in [6, 6.07) is 7.91. The lowest BCUT2D eigenvalue weighted by Gasteiger charge is -2.05. The molecule has 0 unspecified atom stereocenters. The van der Waals surface area contributed by atoms with Crippen molar-refractivity contribution in [1.29, 1.82) is 0 Å². The van der Waals surface area contributed by atoms with Gasteiger partial charge in [-0.25, -0.2) is 0 Å². The summed E-state index contributed by atoms with van der Waals surface area (Å²) in [5.74, 6) is 1.63. The Hall–Kier alpha value is -1.62. The van der Waals surface area contributed by atoms with Crippen LogP contribution in [0, 0.1) is 11.7 Å². The van der Waals surface area contributed by atoms with E-state index >= 15 is 0 Å². The third-order valence-corrected chi connectivity index (χ3v) is 2.70. The average Bonchev–Trinajstić information content (AvgIpc) is 2.57. The first-order valence-corrected chi connectivity index (χ1v) is 5.37. The number of H-pyrrole nitrogens is 1. The monoisotopic (exact) mass is 235 g/mol. The van der Waals surface area contributed by atoms with Gasteiger partial charge in [-0.2, -0.15) is 5.10 Å². The molecule has 1 heterocycles. The van der Waals surface area contributed by atoms with Gasteiger partial charge >= 0.3 is 0 Å². The fraction of sp³-hybridized carbons (Fsp3) is 0.273. The first kappa shape index (κ1) is 10.9. The first-order valence-electron chi connectivity index (χ1n) is 4.96. The Morgan fingerprint density at radius 3 is 2.94 bits per heavy atom. The fourth-order valence-electron chi connectivity index (χ4n) is 1.36. The van der Waals surface area contributed by atoms with Gasteiger partial charge in [0, 0.05) is 7.05 Å². The summed E-state index contributed by atoms with van der Waals surface area (Å²) < 4.78 is 8.01. The molecule has 0 amide bonds. The minimum Gasteiger partial charge on any atom is -0.486 e. The molecule has 0 aliphatic rings. The maximum absolute atomic E-state index is 5.62. The van der Waals surface area contributed by atoms with Gasteiger partial charge < -0.3 is 9.30 Å². The molecule has 2 rings (SSSR count). The predicted octanol–water partition coefficient (Wildman–Crippen LogP) is 2.37. The summed E-state index contributed by atoms with van der Waals surface area (Å²) in [4.78, 5) is 0. The molecule has 0 spiro atoms. The Morgan fingerprint density at radius 2 is 2.31 bits per heavy atom. The van der Waals surface area contributed by atoms with Gasteiger partial charge in [-0.05, 0) is 36.8 Å². The molecule has 1 aromatic carbocycles. The molecule has 0 aliphatic heterocycles. The van der Waals surface area contributed by atoms with E-state index in [1.807, 2.05) is 38.2 Å². The molecule has 16 heavy (non-hydrogen) atoms. The normalized spacial score (nSPS) is 10.4. The Balaban J connectivity index is 2.08. The predicted molar refractivity (Wildman–Crippen MR) is 63.9 cm³/mol. The lowest BCUT2D eigenvalue weighted by molar-refractivity contribution is 0.291. The number of rotatable bonds is 3. The zero-order valence-corrected chi connectivity index (χ0v) is 10.0. The summed E-state index contributed by atoms with van der Waals surface area (Å²) >= 11 is 5.02. The highest BCUT2D eigenvalue weighted by atomic mass is 32.1. The molecule has 84 valence electrons. The third kappa shape index (κ3) is 2.30. The molecule has 0 aliphatic carbocycles. The largest absolute Gasteiger partial charge is 0.486 e. The van der Waals surface area contributed by atoms with Gasteiger partial charge in [-0.15, -0.1) is 0 Å². The molecule has 5 heteroatoms. The number of aromatic amines is 1. The number of nitrogens with one attached hydrogen (secondary N) is 1. The molecule has 0 saturated heterocycles. The number of nitrogens with zero attached hydrogens (tertiary/aromatic N) is 2. The molecule has 1 N–H and O–H groups in total. The lowest BCUT2D eigenvalue weighted by Crippen LogP contribution is -2.03. The van der Waals surface area contributed by atoms with Gasteiger partial charge in [0.1, 0.15) is 12.4 Å². The van der Waals surface area contributed by atoms with Crippen LogP contribution in [0.1, 0.15) is 11.4 Å². The van der Waals surface area contributed by atoms with Crippen molar-refractivity contribution in [3.05, 3.63) is 40.4 Å². The number of ether oxygens (including phenoxy) is 1. The van der Waals surface area contributed by atoms with Crippen LogP contribution in [0.3, 0.4) is 0 Å². The first-order chi connectivity index (χ1) is 7.66. The smallest absolute Gasteiger partial charge is 0.194 e. The van der Waals surface area contributed by atoms with Crippen molar-refractivity contribution in [1.82, 2.24) is 14.8 Å². The van der Waals surface area contributed by atoms with Crippen molar-refractivity contribution in [3.63, 3.8) is 0 Å². The van der Waals surface area contributed by atoms with E-state index in [9.17, 15) is 0 Å². The van der Waals surface area contributed by atoms with Crippen molar-refractivity contribution >= 4 is 12.2 Å². The maximum Gasteiger partial charge on any atom is 0.194 e. The number of aromatic nitrogens is 3. The number of aryl methyl sites for hydroxylation is 1. The van der Waals surface area contributed by atoms with Crippen LogP contribution in [0.5, 0.6) is 5.75 Å². The van der Waals surface area contributed by atoms with Gasteiger partial charge in [0.2, 0.25) is 0 Å². The lowest BCUT2D eigenvalue weighted by atomic mass is 10.2. The highest BCUT2D eigenvalue weighted by molar-refractivity contribution is 7.71. The molecule has 0 saturated carbocycles. The van der Waals surface area contributed by atoms with E-state index in [1.54, 1.807) is 4.57 Å². The molecule has 0 bridgehead atoms. The van der Waals surface area contributed by atoms with Crippen LogP contribution < -0.4 is 4.74 Å². The molecule has 1 aromatic heterocycles. The standard InChI is InChI=1S/C11H13N3OS/c1-8-4-3-5-9(6-8)15-7-10-12-13-11(16)14(10)2/h3-6H,7H2,1-2H3,(H,13,16). The third-order valence-electron chi connectivity index (χ3n) is 2.33. The Labute approximate surface area is 98.9 Å². The Bertz CT molecular complexity index is 544. The van der Waals surface area contributed by atoms with E-state index < -0.39 is 0 Å². The van der Waals surface area contributed by atoms with E-state index in [1.165, 1.54) is 5.56 Å². The second-order valence-electron chi connectivity index (χ2n) is 3.61. The minimum atomic E-state index is 0.410. The fourth-order valence-corrected chi connectivity index (χ4v) is 1.51. The van der Waals surface area contributed by atoms with Gasteiger partial charge in [0.15, 0.2) is 10.6 Å². The van der Waals surface area contributed by atoms with Gasteiger partial charge in [0.05, 0.1) is 0 Å². The average molecular weight is 235 g/mol. The molecule has 2 aromatic rings. The number of hydrogen-bond acceptors (Lipinski definition) is 3. The van der Waals surface area contributed by atoms with E-state index in [0.29, 0.717) is 11.4 Å². The molecule has 0 atom stereocenters. The molecule has 0 radical (unpaired) electrons. The second kappa shape index (κ2) is 4.49. The molecular formula is C11H13N3OS. The number of benzene rings is 1. The van der Waals surface area contributed by atoms with Crippen LogP contribution in [0.25, 0.3) is 0 Å². The summed E-state index contributed by atoms with van der Waals surface area (Å²) in [5, 5.41) is 6.79. The van der Waals surface area contributed by atoms with Crippen LogP contribution in [0.2, 0.25) is 0 Å². The topological polar surface area (TPSA) is 42.8 Å². The van der Waals surface area contributed by atoms with Crippen molar-refractivity contribution in [2.24, 2.45) is 7.05 Å². The molecular weight excluding hydrogens is 222 g/mol. The zero-order valence-electron chi connectivity index (χ0n) is 9.23. The van der Waals surface area contributed by atoms with E-state index in [0.717, 1.165) is 11.6 Å². The zero-order chi connectivity index (χ0) is 11.5. The SMILES string of the molecule is Cc1cccc(OCc2n[nH]c(=S)n2C)c1. The van der Waals surface area contributed by atoms with E-state index in [-0.39, 0.29) is 0 Å². The van der Waals surface area contributed by atoms with E-state index in [2.05, 4.69) is 10.2 Å². The van der Waals surface area contributed by atoms with Crippen molar-refractivity contribution in [2.75, 3.05) is 0 Å². The van der Waals surface area contributed by atoms with Crippen LogP contribution in [0.4, 0.5) is 0 Å². The van der Waals surface area contributed by atoms with Gasteiger partial charge in [-0.3, -0.25) is 5.10 Å². The minimum absolute atomic E-state index is 0.410. The maximum atomic E-state index is 5.62. The van der Waals surface area contributed by atoms with Crippen LogP contribution in [-0.2, 0) is 13.7 Å². The Morgan fingerprint density at radius 1 is 1.50 bits per heavy atom. The quantitative estimate of drug-likeness (QED) is 0.830. The highest BCUT2D eigenvalue weighted by Gasteiger charge is 2.02. The molecule has 0 fully saturated rings. The van der Waals surface area contributed by atoms with Crippen molar-refractivity contribution < 1.29 is 4.74 Å². The van der Waals surface area contributed by atoms with E-state index in [4.69, 9.17) is 17.0 Å². The van der Waals surface area contributed by atoms with Crippen LogP contribution in [0.15, 0.2) is 24.3 Å². The van der Waals surface area contributed by atoms with Crippen molar-refractivity contribution in [2.45, 2.75) is 13.5 Å². The second-order valence-corrected chi connectivity index (χ2v) is 4.00. The summed E-state index contributed by atoms with van der Waals surface area (Å²) in [6.45, 7) is 2.44. The molecule has 4 nitrogen and oxygen atoms in total.